The fourth-order valence-corrected chi connectivity index (χ4v) is 13.3. The number of furan rings is 1. The molecule has 0 spiro atoms. The molecule has 2 N–H and O–H groups in total. The molecule has 2 aromatic heterocycles. The van der Waals surface area contributed by atoms with E-state index in [4.69, 9.17) is 13.3 Å². The Bertz CT molecular complexity index is 1260. The van der Waals surface area contributed by atoms with Gasteiger partial charge in [-0.05, 0) is 66.2 Å². The number of aromatic nitrogens is 2. The molecule has 8 nitrogen and oxygen atoms in total. The highest BCUT2D eigenvalue weighted by atomic mass is 28.4. The number of rotatable bonds is 14. The van der Waals surface area contributed by atoms with Crippen LogP contribution in [0.1, 0.15) is 110 Å². The summed E-state index contributed by atoms with van der Waals surface area (Å²) in [5, 5.41) is 14.1. The number of aliphatic hydroxyl groups excluding tert-OH is 1. The quantitative estimate of drug-likeness (QED) is 0.120. The van der Waals surface area contributed by atoms with Crippen molar-refractivity contribution in [2.24, 2.45) is 5.92 Å². The number of carbonyl (C=O) groups excluding carboxylic acids is 1. The summed E-state index contributed by atoms with van der Waals surface area (Å²) in [6.07, 6.45) is 5.17. The number of aliphatic hydroxyl groups is 1. The van der Waals surface area contributed by atoms with Crippen molar-refractivity contribution in [3.05, 3.63) is 53.9 Å². The molecule has 0 aromatic carbocycles. The number of carbonyl (C=O) groups is 1. The van der Waals surface area contributed by atoms with E-state index in [1.165, 1.54) is 18.8 Å². The molecule has 4 atom stereocenters. The van der Waals surface area contributed by atoms with E-state index in [-0.39, 0.29) is 34.6 Å². The Labute approximate surface area is 267 Å². The van der Waals surface area contributed by atoms with Crippen molar-refractivity contribution in [3.8, 4) is 0 Å². The van der Waals surface area contributed by atoms with Crippen molar-refractivity contribution in [1.29, 1.82) is 0 Å². The van der Waals surface area contributed by atoms with E-state index in [0.29, 0.717) is 45.7 Å². The topological polar surface area (TPSA) is 107 Å². The zero-order valence-electron chi connectivity index (χ0n) is 29.2. The van der Waals surface area contributed by atoms with Crippen molar-refractivity contribution in [3.63, 3.8) is 0 Å². The van der Waals surface area contributed by atoms with Gasteiger partial charge in [-0.15, -0.1) is 0 Å². The highest BCUT2D eigenvalue weighted by Gasteiger charge is 2.50. The molecule has 1 unspecified atom stereocenters. The Balaban J connectivity index is 1.90. The molecule has 1 saturated carbocycles. The molecule has 1 aliphatic carbocycles. The molecule has 10 heteroatoms. The van der Waals surface area contributed by atoms with Gasteiger partial charge in [0.2, 0.25) is 14.1 Å². The van der Waals surface area contributed by atoms with Crippen molar-refractivity contribution < 1.29 is 23.2 Å². The van der Waals surface area contributed by atoms with Crippen LogP contribution in [0.25, 0.3) is 0 Å². The Kier molecular flexibility index (Phi) is 11.7. The van der Waals surface area contributed by atoms with Crippen LogP contribution in [0, 0.1) is 5.92 Å². The second-order valence-corrected chi connectivity index (χ2v) is 25.4. The van der Waals surface area contributed by atoms with Crippen LogP contribution < -0.4 is 5.32 Å². The number of nitrogens with zero attached hydrogens (tertiary/aromatic N) is 2. The normalized spacial score (nSPS) is 20.5. The molecule has 1 fully saturated rings. The molecular formula is C34H57N3O5Si2. The van der Waals surface area contributed by atoms with Crippen LogP contribution in [0.2, 0.25) is 34.8 Å². The molecule has 0 aliphatic heterocycles. The summed E-state index contributed by atoms with van der Waals surface area (Å²) in [5.41, 5.74) is 2.81. The molecule has 1 aliphatic rings. The number of nitrogens with one attached hydrogen (secondary N) is 1. The first kappa shape index (κ1) is 36.4. The molecule has 0 bridgehead atoms. The highest BCUT2D eigenvalue weighted by molar-refractivity contribution is 6.77. The minimum absolute atomic E-state index is 0.0463. The molecule has 2 aromatic rings. The van der Waals surface area contributed by atoms with Crippen LogP contribution >= 0.6 is 0 Å². The Morgan fingerprint density at radius 2 is 1.75 bits per heavy atom. The fourth-order valence-electron chi connectivity index (χ4n) is 6.56. The minimum atomic E-state index is -2.15. The van der Waals surface area contributed by atoms with Crippen molar-refractivity contribution in [2.45, 2.75) is 135 Å². The van der Waals surface area contributed by atoms with Crippen LogP contribution in [0.3, 0.4) is 0 Å². The fraction of sp³-hybridized carbons (Fsp3) is 0.676. The summed E-state index contributed by atoms with van der Waals surface area (Å²) in [4.78, 5) is 22.2. The van der Waals surface area contributed by atoms with E-state index in [2.05, 4.69) is 97.3 Å². The lowest BCUT2D eigenvalue weighted by atomic mass is 10.1. The van der Waals surface area contributed by atoms with Crippen LogP contribution in [-0.2, 0) is 8.85 Å². The predicted octanol–water partition coefficient (Wildman–Crippen LogP) is 8.68. The Hall–Kier alpha value is -2.12. The SMILES string of the molecule is C=C(C)C(O)c1coc(C(=O)c2cncnc2N[C@@H]2C[C@H](CO[Si](C)(C)C(C)(C)C)[C@@H](O[Si](C(C)C)(C(C)C)C(C)C)C2)c1. The lowest BCUT2D eigenvalue weighted by Gasteiger charge is -2.45. The molecular weight excluding hydrogens is 587 g/mol. The number of hydrogen-bond acceptors (Lipinski definition) is 8. The summed E-state index contributed by atoms with van der Waals surface area (Å²) in [7, 11) is -4.11. The van der Waals surface area contributed by atoms with E-state index in [1.54, 1.807) is 13.0 Å². The van der Waals surface area contributed by atoms with E-state index < -0.39 is 22.7 Å². The predicted molar refractivity (Wildman–Crippen MR) is 183 cm³/mol. The van der Waals surface area contributed by atoms with E-state index in [9.17, 15) is 9.90 Å². The molecule has 0 radical (unpaired) electrons. The molecule has 0 amide bonds. The summed E-state index contributed by atoms with van der Waals surface area (Å²) >= 11 is 0. The first-order valence-corrected chi connectivity index (χ1v) is 21.2. The molecule has 2 heterocycles. The zero-order valence-corrected chi connectivity index (χ0v) is 31.2. The zero-order chi connectivity index (χ0) is 33.2. The maximum Gasteiger partial charge on any atom is 0.233 e. The van der Waals surface area contributed by atoms with Gasteiger partial charge < -0.3 is 23.7 Å². The van der Waals surface area contributed by atoms with Gasteiger partial charge in [-0.2, -0.15) is 0 Å². The third kappa shape index (κ3) is 7.81. The van der Waals surface area contributed by atoms with E-state index >= 15 is 0 Å². The average molecular weight is 644 g/mol. The summed E-state index contributed by atoms with van der Waals surface area (Å²) in [6, 6.07) is 1.60. The lowest BCUT2D eigenvalue weighted by Crippen LogP contribution is -2.51. The number of anilines is 1. The van der Waals surface area contributed by atoms with Gasteiger partial charge in [0.15, 0.2) is 14.1 Å². The first-order chi connectivity index (χ1) is 20.3. The van der Waals surface area contributed by atoms with Gasteiger partial charge in [-0.25, -0.2) is 9.97 Å². The van der Waals surface area contributed by atoms with Gasteiger partial charge in [0, 0.05) is 30.3 Å². The van der Waals surface area contributed by atoms with E-state index in [1.807, 2.05) is 0 Å². The van der Waals surface area contributed by atoms with Crippen molar-refractivity contribution >= 4 is 28.2 Å². The maximum absolute atomic E-state index is 13.5. The number of ketones is 1. The van der Waals surface area contributed by atoms with Gasteiger partial charge in [0.1, 0.15) is 18.2 Å². The van der Waals surface area contributed by atoms with Crippen LogP contribution in [-0.4, -0.2) is 56.2 Å². The molecule has 3 rings (SSSR count). The maximum atomic E-state index is 13.5. The summed E-state index contributed by atoms with van der Waals surface area (Å²) < 4.78 is 19.7. The molecule has 246 valence electrons. The van der Waals surface area contributed by atoms with Gasteiger partial charge in [0.05, 0.1) is 17.9 Å². The van der Waals surface area contributed by atoms with Crippen LogP contribution in [0.5, 0.6) is 0 Å². The average Bonchev–Trinajstić information content (AvgIpc) is 3.56. The Morgan fingerprint density at radius 1 is 1.14 bits per heavy atom. The summed E-state index contributed by atoms with van der Waals surface area (Å²) in [5.74, 6) is 0.468. The number of hydrogen-bond donors (Lipinski definition) is 2. The third-order valence-electron chi connectivity index (χ3n) is 10.1. The van der Waals surface area contributed by atoms with Crippen LogP contribution in [0.4, 0.5) is 5.82 Å². The first-order valence-electron chi connectivity index (χ1n) is 16.2. The monoisotopic (exact) mass is 643 g/mol. The second-order valence-electron chi connectivity index (χ2n) is 15.2. The summed E-state index contributed by atoms with van der Waals surface area (Å²) in [6.45, 7) is 31.6. The second kappa shape index (κ2) is 14.1. The van der Waals surface area contributed by atoms with Crippen molar-refractivity contribution in [2.75, 3.05) is 11.9 Å². The highest BCUT2D eigenvalue weighted by Crippen LogP contribution is 2.46. The van der Waals surface area contributed by atoms with E-state index in [0.717, 1.165) is 12.8 Å². The van der Waals surface area contributed by atoms with Crippen molar-refractivity contribution in [1.82, 2.24) is 9.97 Å². The van der Waals surface area contributed by atoms with Crippen LogP contribution in [0.15, 0.2) is 41.4 Å². The Morgan fingerprint density at radius 3 is 2.30 bits per heavy atom. The van der Waals surface area contributed by atoms with Gasteiger partial charge >= 0.3 is 0 Å². The largest absolute Gasteiger partial charge is 0.460 e. The molecule has 0 saturated heterocycles. The smallest absolute Gasteiger partial charge is 0.233 e. The van der Waals surface area contributed by atoms with Gasteiger partial charge in [-0.1, -0.05) is 68.9 Å². The van der Waals surface area contributed by atoms with Gasteiger partial charge in [0.25, 0.3) is 0 Å². The standard InChI is InChI=1S/C34H57N3O5Si2/c1-21(2)31(38)26-15-30(40-18-26)32(39)28-17-35-20-36-33(28)37-27-14-25(19-41-43(12,13)34(9,10)11)29(16-27)42-44(22(3)4,23(5)6)24(7)8/h15,17-18,20,22-25,27,29,31,38H,1,14,16,19H2,2-13H3,(H,35,36,37)/t25-,27-,29+,31?/m1/s1. The van der Waals surface area contributed by atoms with Gasteiger partial charge in [-0.3, -0.25) is 4.79 Å². The molecule has 44 heavy (non-hydrogen) atoms. The lowest BCUT2D eigenvalue weighted by molar-refractivity contribution is 0.0971. The third-order valence-corrected chi connectivity index (χ3v) is 20.7. The minimum Gasteiger partial charge on any atom is -0.460 e.